The Kier molecular flexibility index (Phi) is 3.06. The lowest BCUT2D eigenvalue weighted by molar-refractivity contribution is -0.131. The molecule has 5 nitrogen and oxygen atoms in total. The molecule has 0 bridgehead atoms. The van der Waals surface area contributed by atoms with Gasteiger partial charge in [0.1, 0.15) is 22.6 Å². The molecule has 5 heteroatoms. The second-order valence-corrected chi connectivity index (χ2v) is 3.83. The third-order valence-corrected chi connectivity index (χ3v) is 2.41. The quantitative estimate of drug-likeness (QED) is 0.601. The Morgan fingerprint density at radius 3 is 2.61 bits per heavy atom. The van der Waals surface area contributed by atoms with E-state index in [4.69, 9.17) is 13.9 Å². The van der Waals surface area contributed by atoms with Crippen LogP contribution in [-0.2, 0) is 4.79 Å². The Bertz CT molecular complexity index is 669. The van der Waals surface area contributed by atoms with Crippen molar-refractivity contribution in [1.82, 2.24) is 0 Å². The maximum Gasteiger partial charge on any atom is 0.347 e. The molecular weight excluding hydrogens is 236 g/mol. The maximum atomic E-state index is 11.8. The summed E-state index contributed by atoms with van der Waals surface area (Å²) in [6.07, 6.45) is 0. The second kappa shape index (κ2) is 4.52. The van der Waals surface area contributed by atoms with E-state index in [-0.39, 0.29) is 11.1 Å². The van der Waals surface area contributed by atoms with Crippen LogP contribution in [0.15, 0.2) is 27.4 Å². The number of methoxy groups -OCH3 is 1. The fourth-order valence-electron chi connectivity index (χ4n) is 1.74. The normalized spacial score (nSPS) is 10.4. The van der Waals surface area contributed by atoms with E-state index in [1.165, 1.54) is 20.1 Å². The van der Waals surface area contributed by atoms with E-state index < -0.39 is 11.6 Å². The van der Waals surface area contributed by atoms with Crippen LogP contribution in [0.2, 0.25) is 0 Å². The number of carbonyl (C=O) groups excluding carboxylic acids is 1. The van der Waals surface area contributed by atoms with E-state index in [2.05, 4.69) is 0 Å². The monoisotopic (exact) mass is 248 g/mol. The van der Waals surface area contributed by atoms with E-state index in [9.17, 15) is 9.59 Å². The predicted octanol–water partition coefficient (Wildman–Crippen LogP) is 2.04. The molecule has 1 aromatic carbocycles. The zero-order valence-electron chi connectivity index (χ0n) is 10.3. The van der Waals surface area contributed by atoms with Crippen molar-refractivity contribution in [3.63, 3.8) is 0 Å². The summed E-state index contributed by atoms with van der Waals surface area (Å²) >= 11 is 0. The zero-order valence-corrected chi connectivity index (χ0v) is 10.3. The summed E-state index contributed by atoms with van der Waals surface area (Å²) in [5.74, 6) is 0.619. The van der Waals surface area contributed by atoms with Crippen molar-refractivity contribution in [2.45, 2.75) is 13.8 Å². The average Bonchev–Trinajstić information content (AvgIpc) is 2.26. The van der Waals surface area contributed by atoms with Gasteiger partial charge in [-0.25, -0.2) is 4.79 Å². The highest BCUT2D eigenvalue weighted by atomic mass is 16.5. The first-order valence-corrected chi connectivity index (χ1v) is 5.32. The average molecular weight is 248 g/mol. The van der Waals surface area contributed by atoms with E-state index in [1.54, 1.807) is 19.1 Å². The fraction of sp³-hybridized carbons (Fsp3) is 0.231. The van der Waals surface area contributed by atoms with Crippen LogP contribution in [0.25, 0.3) is 10.8 Å². The Balaban J connectivity index is 2.81. The molecule has 18 heavy (non-hydrogen) atoms. The highest BCUT2D eigenvalue weighted by Gasteiger charge is 2.13. The molecule has 0 N–H and O–H groups in total. The van der Waals surface area contributed by atoms with Gasteiger partial charge in [0.05, 0.1) is 7.11 Å². The van der Waals surface area contributed by atoms with Gasteiger partial charge in [-0.15, -0.1) is 0 Å². The summed E-state index contributed by atoms with van der Waals surface area (Å²) in [4.78, 5) is 22.8. The Morgan fingerprint density at radius 2 is 2.00 bits per heavy atom. The van der Waals surface area contributed by atoms with Crippen LogP contribution in [0.1, 0.15) is 12.7 Å². The van der Waals surface area contributed by atoms with Crippen LogP contribution in [0, 0.1) is 6.92 Å². The van der Waals surface area contributed by atoms with Crippen LogP contribution in [0.3, 0.4) is 0 Å². The number of carbonyl (C=O) groups is 1. The molecule has 0 unspecified atom stereocenters. The SMILES string of the molecule is COc1cc(OC(C)=O)c2c(=O)oc(C)cc2c1. The lowest BCUT2D eigenvalue weighted by Crippen LogP contribution is -2.07. The van der Waals surface area contributed by atoms with Gasteiger partial charge in [-0.1, -0.05) is 0 Å². The van der Waals surface area contributed by atoms with Crippen molar-refractivity contribution in [3.8, 4) is 11.5 Å². The largest absolute Gasteiger partial charge is 0.497 e. The van der Waals surface area contributed by atoms with Crippen LogP contribution < -0.4 is 15.1 Å². The number of esters is 1. The number of ether oxygens (including phenoxy) is 2. The summed E-state index contributed by atoms with van der Waals surface area (Å²) < 4.78 is 15.1. The van der Waals surface area contributed by atoms with Crippen LogP contribution in [-0.4, -0.2) is 13.1 Å². The molecule has 0 fully saturated rings. The highest BCUT2D eigenvalue weighted by Crippen LogP contribution is 2.29. The van der Waals surface area contributed by atoms with Crippen LogP contribution >= 0.6 is 0 Å². The van der Waals surface area contributed by atoms with Gasteiger partial charge in [0.25, 0.3) is 0 Å². The van der Waals surface area contributed by atoms with Crippen molar-refractivity contribution in [2.24, 2.45) is 0 Å². The van der Waals surface area contributed by atoms with Gasteiger partial charge in [-0.05, 0) is 24.4 Å². The number of rotatable bonds is 2. The van der Waals surface area contributed by atoms with Gasteiger partial charge < -0.3 is 13.9 Å². The molecule has 2 rings (SSSR count). The maximum absolute atomic E-state index is 11.8. The van der Waals surface area contributed by atoms with E-state index in [0.29, 0.717) is 16.9 Å². The van der Waals surface area contributed by atoms with Crippen LogP contribution in [0.4, 0.5) is 0 Å². The molecule has 0 radical (unpaired) electrons. The van der Waals surface area contributed by atoms with Crippen molar-refractivity contribution >= 4 is 16.7 Å². The lowest BCUT2D eigenvalue weighted by atomic mass is 10.1. The van der Waals surface area contributed by atoms with Crippen molar-refractivity contribution in [2.75, 3.05) is 7.11 Å². The van der Waals surface area contributed by atoms with E-state index >= 15 is 0 Å². The molecule has 2 aromatic rings. The predicted molar refractivity (Wildman–Crippen MR) is 65.1 cm³/mol. The lowest BCUT2D eigenvalue weighted by Gasteiger charge is -2.08. The number of fused-ring (bicyclic) bond motifs is 1. The van der Waals surface area contributed by atoms with Crippen molar-refractivity contribution < 1.29 is 18.7 Å². The highest BCUT2D eigenvalue weighted by molar-refractivity contribution is 5.90. The van der Waals surface area contributed by atoms with Gasteiger partial charge in [0, 0.05) is 13.0 Å². The van der Waals surface area contributed by atoms with Gasteiger partial charge in [-0.2, -0.15) is 0 Å². The van der Waals surface area contributed by atoms with Gasteiger partial charge in [-0.3, -0.25) is 4.79 Å². The smallest absolute Gasteiger partial charge is 0.347 e. The van der Waals surface area contributed by atoms with Crippen molar-refractivity contribution in [1.29, 1.82) is 0 Å². The summed E-state index contributed by atoms with van der Waals surface area (Å²) in [6.45, 7) is 2.94. The van der Waals surface area contributed by atoms with Crippen LogP contribution in [0.5, 0.6) is 11.5 Å². The number of aryl methyl sites for hydroxylation is 1. The minimum absolute atomic E-state index is 0.144. The summed E-state index contributed by atoms with van der Waals surface area (Å²) in [5.41, 5.74) is -0.538. The second-order valence-electron chi connectivity index (χ2n) is 3.83. The van der Waals surface area contributed by atoms with Gasteiger partial charge in [0.15, 0.2) is 0 Å². The molecule has 1 heterocycles. The molecular formula is C13H12O5. The first-order chi connectivity index (χ1) is 8.51. The number of hydrogen-bond donors (Lipinski definition) is 0. The molecule has 0 saturated heterocycles. The minimum atomic E-state index is -0.538. The molecule has 0 aliphatic carbocycles. The molecule has 1 aromatic heterocycles. The van der Waals surface area contributed by atoms with E-state index in [0.717, 1.165) is 0 Å². The molecule has 0 atom stereocenters. The first-order valence-electron chi connectivity index (χ1n) is 5.32. The standard InChI is InChI=1S/C13H12O5/c1-7-4-9-5-10(16-3)6-11(18-8(2)14)12(9)13(15)17-7/h4-6H,1-3H3. The summed E-state index contributed by atoms with van der Waals surface area (Å²) in [7, 11) is 1.50. The summed E-state index contributed by atoms with van der Waals surface area (Å²) in [5, 5.41) is 0.843. The molecule has 0 aliphatic rings. The van der Waals surface area contributed by atoms with Gasteiger partial charge >= 0.3 is 11.6 Å². The third-order valence-electron chi connectivity index (χ3n) is 2.41. The first kappa shape index (κ1) is 12.2. The molecule has 0 spiro atoms. The van der Waals surface area contributed by atoms with E-state index in [1.807, 2.05) is 0 Å². The Morgan fingerprint density at radius 1 is 1.28 bits per heavy atom. The zero-order chi connectivity index (χ0) is 13.3. The Hall–Kier alpha value is -2.30. The van der Waals surface area contributed by atoms with Gasteiger partial charge in [0.2, 0.25) is 0 Å². The number of benzene rings is 1. The third kappa shape index (κ3) is 2.20. The molecule has 0 saturated carbocycles. The summed E-state index contributed by atoms with van der Waals surface area (Å²) in [6, 6.07) is 4.86. The Labute approximate surface area is 103 Å². The molecule has 0 aliphatic heterocycles. The fourth-order valence-corrected chi connectivity index (χ4v) is 1.74. The minimum Gasteiger partial charge on any atom is -0.497 e. The molecule has 94 valence electrons. The van der Waals surface area contributed by atoms with Crippen molar-refractivity contribution in [3.05, 3.63) is 34.4 Å². The molecule has 0 amide bonds. The number of hydrogen-bond acceptors (Lipinski definition) is 5. The topological polar surface area (TPSA) is 65.7 Å².